The third-order valence-corrected chi connectivity index (χ3v) is 3.45. The van der Waals surface area contributed by atoms with Gasteiger partial charge in [0.05, 0.1) is 12.1 Å². The molecule has 0 aromatic carbocycles. The van der Waals surface area contributed by atoms with Crippen LogP contribution in [0.4, 0.5) is 0 Å². The first-order valence-corrected chi connectivity index (χ1v) is 6.13. The normalized spacial score (nSPS) is 13.6. The van der Waals surface area contributed by atoms with E-state index in [-0.39, 0.29) is 18.0 Å². The van der Waals surface area contributed by atoms with E-state index in [1.165, 1.54) is 19.2 Å². The molecule has 0 aliphatic rings. The molecule has 0 radical (unpaired) electrons. The number of aromatic nitrogens is 2. The van der Waals surface area contributed by atoms with Crippen molar-refractivity contribution in [3.63, 3.8) is 0 Å². The summed E-state index contributed by atoms with van der Waals surface area (Å²) in [6.07, 6.45) is 1.57. The average Bonchev–Trinajstić information content (AvgIpc) is 2.70. The first-order valence-electron chi connectivity index (χ1n) is 4.65. The molecule has 1 unspecified atom stereocenters. The highest BCUT2D eigenvalue weighted by atomic mass is 32.2. The number of carboxylic acids is 1. The summed E-state index contributed by atoms with van der Waals surface area (Å²) in [6, 6.07) is 1.32. The van der Waals surface area contributed by atoms with E-state index >= 15 is 0 Å². The van der Waals surface area contributed by atoms with Crippen LogP contribution in [0.25, 0.3) is 0 Å². The van der Waals surface area contributed by atoms with Crippen molar-refractivity contribution in [2.24, 2.45) is 5.92 Å². The van der Waals surface area contributed by atoms with E-state index < -0.39 is 21.9 Å². The van der Waals surface area contributed by atoms with Crippen LogP contribution in [-0.4, -0.2) is 36.2 Å². The van der Waals surface area contributed by atoms with Gasteiger partial charge < -0.3 is 5.11 Å². The zero-order chi connectivity index (χ0) is 12.2. The number of nitrogens with one attached hydrogen (secondary N) is 2. The number of nitrogens with zero attached hydrogens (tertiary/aromatic N) is 1. The zero-order valence-electron chi connectivity index (χ0n) is 8.67. The smallest absolute Gasteiger partial charge is 0.306 e. The summed E-state index contributed by atoms with van der Waals surface area (Å²) < 4.78 is 25.3. The van der Waals surface area contributed by atoms with E-state index in [0.717, 1.165) is 0 Å². The Labute approximate surface area is 92.9 Å². The maximum Gasteiger partial charge on any atom is 0.306 e. The highest BCUT2D eigenvalue weighted by Gasteiger charge is 2.16. The lowest BCUT2D eigenvalue weighted by atomic mass is 10.1. The van der Waals surface area contributed by atoms with Crippen molar-refractivity contribution in [2.75, 3.05) is 6.54 Å². The number of aliphatic carboxylic acids is 1. The Kier molecular flexibility index (Phi) is 4.02. The van der Waals surface area contributed by atoms with E-state index in [9.17, 15) is 13.2 Å². The molecule has 0 bridgehead atoms. The van der Waals surface area contributed by atoms with Crippen LogP contribution in [0.15, 0.2) is 17.3 Å². The van der Waals surface area contributed by atoms with Crippen molar-refractivity contribution in [3.05, 3.63) is 12.3 Å². The molecule has 90 valence electrons. The maximum absolute atomic E-state index is 11.5. The van der Waals surface area contributed by atoms with Gasteiger partial charge in [-0.1, -0.05) is 6.92 Å². The summed E-state index contributed by atoms with van der Waals surface area (Å²) in [5, 5.41) is 14.4. The van der Waals surface area contributed by atoms with E-state index in [2.05, 4.69) is 14.9 Å². The molecule has 1 heterocycles. The lowest BCUT2D eigenvalue weighted by Crippen LogP contribution is -2.27. The third kappa shape index (κ3) is 3.31. The Morgan fingerprint density at radius 3 is 2.88 bits per heavy atom. The van der Waals surface area contributed by atoms with Crippen LogP contribution in [-0.2, 0) is 14.8 Å². The fourth-order valence-corrected chi connectivity index (χ4v) is 1.96. The van der Waals surface area contributed by atoms with Crippen LogP contribution in [0, 0.1) is 5.92 Å². The first kappa shape index (κ1) is 12.7. The molecule has 0 saturated carbocycles. The summed E-state index contributed by atoms with van der Waals surface area (Å²) in [5.41, 5.74) is 0. The molecule has 1 aromatic heterocycles. The molecular formula is C8H13N3O4S. The molecule has 1 aromatic rings. The van der Waals surface area contributed by atoms with E-state index in [1.807, 2.05) is 0 Å². The number of carboxylic acid groups (broad SMARTS) is 1. The van der Waals surface area contributed by atoms with Gasteiger partial charge in [0.15, 0.2) is 5.03 Å². The minimum atomic E-state index is -3.60. The largest absolute Gasteiger partial charge is 0.481 e. The standard InChI is InChI=1S/C8H13N3O4S/c1-6(8(12)13)2-5-10-16(14,15)7-3-4-9-11-7/h3-4,6,10H,2,5H2,1H3,(H,9,11)(H,12,13). The number of sulfonamides is 1. The third-order valence-electron chi connectivity index (χ3n) is 2.06. The second-order valence-corrected chi connectivity index (χ2v) is 5.08. The lowest BCUT2D eigenvalue weighted by Gasteiger charge is -2.07. The summed E-state index contributed by atoms with van der Waals surface area (Å²) >= 11 is 0. The molecule has 0 aliphatic carbocycles. The molecule has 0 saturated heterocycles. The highest BCUT2D eigenvalue weighted by Crippen LogP contribution is 2.04. The Hall–Kier alpha value is -1.41. The van der Waals surface area contributed by atoms with Gasteiger partial charge in [-0.15, -0.1) is 0 Å². The van der Waals surface area contributed by atoms with Crippen LogP contribution in [0.1, 0.15) is 13.3 Å². The van der Waals surface area contributed by atoms with Crippen molar-refractivity contribution < 1.29 is 18.3 Å². The molecule has 0 spiro atoms. The number of hydrogen-bond donors (Lipinski definition) is 3. The molecule has 1 rings (SSSR count). The first-order chi connectivity index (χ1) is 7.43. The second kappa shape index (κ2) is 5.08. The quantitative estimate of drug-likeness (QED) is 0.644. The van der Waals surface area contributed by atoms with Gasteiger partial charge in [-0.2, -0.15) is 5.10 Å². The molecule has 7 nitrogen and oxygen atoms in total. The topological polar surface area (TPSA) is 112 Å². The number of hydrogen-bond acceptors (Lipinski definition) is 4. The molecule has 0 fully saturated rings. The Balaban J connectivity index is 2.47. The van der Waals surface area contributed by atoms with E-state index in [4.69, 9.17) is 5.11 Å². The second-order valence-electron chi connectivity index (χ2n) is 3.35. The summed E-state index contributed by atoms with van der Waals surface area (Å²) in [7, 11) is -3.60. The van der Waals surface area contributed by atoms with Gasteiger partial charge in [-0.3, -0.25) is 9.89 Å². The lowest BCUT2D eigenvalue weighted by molar-refractivity contribution is -0.141. The fraction of sp³-hybridized carbons (Fsp3) is 0.500. The average molecular weight is 247 g/mol. The van der Waals surface area contributed by atoms with Crippen molar-refractivity contribution in [1.82, 2.24) is 14.9 Å². The fourth-order valence-electron chi connectivity index (χ4n) is 1.00. The molecular weight excluding hydrogens is 234 g/mol. The van der Waals surface area contributed by atoms with Gasteiger partial charge in [0, 0.05) is 6.54 Å². The molecule has 1 atom stereocenters. The molecule has 8 heteroatoms. The van der Waals surface area contributed by atoms with Crippen LogP contribution >= 0.6 is 0 Å². The molecule has 3 N–H and O–H groups in total. The Morgan fingerprint density at radius 1 is 1.69 bits per heavy atom. The van der Waals surface area contributed by atoms with Gasteiger partial charge in [-0.05, 0) is 12.5 Å². The van der Waals surface area contributed by atoms with Gasteiger partial charge >= 0.3 is 5.97 Å². The van der Waals surface area contributed by atoms with E-state index in [0.29, 0.717) is 0 Å². The van der Waals surface area contributed by atoms with Gasteiger partial charge in [0.25, 0.3) is 10.0 Å². The van der Waals surface area contributed by atoms with Crippen molar-refractivity contribution in [3.8, 4) is 0 Å². The Bertz CT molecular complexity index is 440. The van der Waals surface area contributed by atoms with E-state index in [1.54, 1.807) is 0 Å². The van der Waals surface area contributed by atoms with Gasteiger partial charge in [0.2, 0.25) is 0 Å². The maximum atomic E-state index is 11.5. The minimum absolute atomic E-state index is 0.0320. The van der Waals surface area contributed by atoms with Crippen molar-refractivity contribution >= 4 is 16.0 Å². The highest BCUT2D eigenvalue weighted by molar-refractivity contribution is 7.89. The Morgan fingerprint density at radius 2 is 2.38 bits per heavy atom. The number of H-pyrrole nitrogens is 1. The van der Waals surface area contributed by atoms with Crippen LogP contribution in [0.2, 0.25) is 0 Å². The predicted molar refractivity (Wildman–Crippen MR) is 55.2 cm³/mol. The van der Waals surface area contributed by atoms with Gasteiger partial charge in [0.1, 0.15) is 0 Å². The van der Waals surface area contributed by atoms with Crippen LogP contribution in [0.3, 0.4) is 0 Å². The SMILES string of the molecule is CC(CCNS(=O)(=O)c1ccn[nH]1)C(=O)O. The van der Waals surface area contributed by atoms with Gasteiger partial charge in [-0.25, -0.2) is 13.1 Å². The monoisotopic (exact) mass is 247 g/mol. The summed E-state index contributed by atoms with van der Waals surface area (Å²) in [5.74, 6) is -1.52. The summed E-state index contributed by atoms with van der Waals surface area (Å²) in [4.78, 5) is 10.5. The minimum Gasteiger partial charge on any atom is -0.481 e. The predicted octanol–water partition coefficient (Wildman–Crippen LogP) is -0.201. The van der Waals surface area contributed by atoms with Crippen LogP contribution < -0.4 is 4.72 Å². The van der Waals surface area contributed by atoms with Crippen molar-refractivity contribution in [1.29, 1.82) is 0 Å². The zero-order valence-corrected chi connectivity index (χ0v) is 9.49. The van der Waals surface area contributed by atoms with Crippen molar-refractivity contribution in [2.45, 2.75) is 18.4 Å². The molecule has 0 aliphatic heterocycles. The van der Waals surface area contributed by atoms with Crippen LogP contribution in [0.5, 0.6) is 0 Å². The molecule has 16 heavy (non-hydrogen) atoms. The number of carbonyl (C=O) groups is 1. The number of aromatic amines is 1. The number of rotatable bonds is 6. The summed E-state index contributed by atoms with van der Waals surface area (Å²) in [6.45, 7) is 1.60. The molecule has 0 amide bonds.